The van der Waals surface area contributed by atoms with Gasteiger partial charge in [0.15, 0.2) is 12.4 Å². The van der Waals surface area contributed by atoms with Gasteiger partial charge in [0.2, 0.25) is 0 Å². The van der Waals surface area contributed by atoms with Gasteiger partial charge < -0.3 is 60.0 Å². The van der Waals surface area contributed by atoms with Crippen molar-refractivity contribution in [3.05, 3.63) is 47.1 Å². The standard InChI is InChI=1S/C50H87N3O19P2/c1-3-5-7-8-9-10-11-12-13-14-15-16-17-18-23-27-44(56)66-34-38-35-67-73(62,63)72-74(64,65)68-36-42-48(60)47(59)41(30-29-37(54)25-21-6-4-2)70-46(58)33-40(55)39(26-22-19-20-24-28-45(57)69-38)49(71-42)53-32-31-43(51)52-50(53)61/h19,22,29-32,37-42,46-49,54-55,58-60H,3-18,20-21,23-28,33-36H2,1-2H3,(H,62,63)(H,64,65)(H2,51,52,61)/b22-19?,30-29+/t37-,38+,39-,40-,41+,42+,46?,47-,48+,49+/m0/s1. The molecular weight excluding hydrogens is 1010 g/mol. The van der Waals surface area contributed by atoms with Gasteiger partial charge in [-0.3, -0.25) is 23.2 Å². The van der Waals surface area contributed by atoms with Crippen LogP contribution in [-0.4, -0.2) is 126 Å². The number of nitrogens with zero attached hydrogens (tertiary/aromatic N) is 2. The van der Waals surface area contributed by atoms with Crippen LogP contribution in [0.2, 0.25) is 0 Å². The first kappa shape index (κ1) is 65.4. The quantitative estimate of drug-likeness (QED) is 0.0209. The van der Waals surface area contributed by atoms with Gasteiger partial charge in [0, 0.05) is 31.4 Å². The number of ether oxygens (including phenoxy) is 4. The lowest BCUT2D eigenvalue weighted by molar-refractivity contribution is -0.192. The van der Waals surface area contributed by atoms with E-state index in [1.54, 1.807) is 12.2 Å². The molecule has 426 valence electrons. The average molecular weight is 1100 g/mol. The number of aliphatic hydroxyl groups excluding tert-OH is 5. The molecule has 1 saturated heterocycles. The van der Waals surface area contributed by atoms with Crippen molar-refractivity contribution in [3.8, 4) is 0 Å². The number of nitrogen functional groups attached to an aromatic ring is 1. The number of esters is 2. The minimum atomic E-state index is -5.73. The number of fused-ring (bicyclic) bond motifs is 3. The highest BCUT2D eigenvalue weighted by atomic mass is 31.3. The first-order valence-corrected chi connectivity index (χ1v) is 29.7. The summed E-state index contributed by atoms with van der Waals surface area (Å²) in [5, 5.41) is 56.8. The van der Waals surface area contributed by atoms with E-state index in [0.717, 1.165) is 49.3 Å². The molecule has 2 aliphatic heterocycles. The zero-order valence-electron chi connectivity index (χ0n) is 43.4. The van der Waals surface area contributed by atoms with E-state index >= 15 is 0 Å². The number of unbranched alkanes of at least 4 members (excludes halogenated alkanes) is 16. The Morgan fingerprint density at radius 3 is 2.05 bits per heavy atom. The lowest BCUT2D eigenvalue weighted by Gasteiger charge is -2.36. The minimum absolute atomic E-state index is 0.0780. The van der Waals surface area contributed by atoms with Crippen molar-refractivity contribution in [2.75, 3.05) is 25.6 Å². The fourth-order valence-corrected chi connectivity index (χ4v) is 10.7. The molecule has 1 aromatic heterocycles. The molecule has 3 heterocycles. The molecule has 2 aliphatic rings. The number of hydrogen-bond acceptors (Lipinski definition) is 19. The van der Waals surface area contributed by atoms with E-state index in [1.807, 2.05) is 6.92 Å². The van der Waals surface area contributed by atoms with E-state index in [0.29, 0.717) is 19.3 Å². The second kappa shape index (κ2) is 36.2. The van der Waals surface area contributed by atoms with Gasteiger partial charge in [0.25, 0.3) is 0 Å². The van der Waals surface area contributed by atoms with Gasteiger partial charge in [-0.15, -0.1) is 0 Å². The number of carbonyl (C=O) groups excluding carboxylic acids is 2. The molecule has 0 spiro atoms. The lowest BCUT2D eigenvalue weighted by atomic mass is 9.92. The smallest absolute Gasteiger partial charge is 0.462 e. The number of hydrogen-bond donors (Lipinski definition) is 8. The second-order valence-corrected chi connectivity index (χ2v) is 22.3. The molecule has 1 aromatic rings. The SMILES string of the molecule is CCCCCCCCCCCCCCCCCC(=O)OC[C@@H]1COP(=O)(O)OP(=O)(O)OC[C@H]2O[C@@H](n3ccc(N)nc3=O)[C@@H](CC=CCCCC(=O)O1)[C@@H](O)CC(O)O[C@H](/C=C/[C@@H](O)CCCCC)[C@H](O)[C@@H]2O. The van der Waals surface area contributed by atoms with Crippen LogP contribution in [0.15, 0.2) is 41.4 Å². The number of aromatic nitrogens is 2. The van der Waals surface area contributed by atoms with Crippen molar-refractivity contribution >= 4 is 33.4 Å². The third-order valence-corrected chi connectivity index (χ3v) is 15.4. The maximum atomic E-state index is 13.4. The Morgan fingerprint density at radius 1 is 0.838 bits per heavy atom. The largest absolute Gasteiger partial charge is 0.481 e. The first-order chi connectivity index (χ1) is 35.3. The first-order valence-electron chi connectivity index (χ1n) is 26.7. The van der Waals surface area contributed by atoms with Crippen LogP contribution in [0.3, 0.4) is 0 Å². The van der Waals surface area contributed by atoms with Crippen molar-refractivity contribution in [1.82, 2.24) is 9.55 Å². The van der Waals surface area contributed by atoms with Crippen LogP contribution in [-0.2, 0) is 51.0 Å². The summed E-state index contributed by atoms with van der Waals surface area (Å²) in [6.45, 7) is 1.45. The predicted molar refractivity (Wildman–Crippen MR) is 274 cm³/mol. The number of phosphoric acid groups is 2. The highest BCUT2D eigenvalue weighted by Gasteiger charge is 2.44. The summed E-state index contributed by atoms with van der Waals surface area (Å²) in [6.07, 6.45) is 11.1. The lowest BCUT2D eigenvalue weighted by Crippen LogP contribution is -2.49. The molecule has 24 heteroatoms. The van der Waals surface area contributed by atoms with Crippen molar-refractivity contribution in [1.29, 1.82) is 0 Å². The van der Waals surface area contributed by atoms with Gasteiger partial charge >= 0.3 is 33.3 Å². The molecule has 0 aliphatic carbocycles. The van der Waals surface area contributed by atoms with Crippen LogP contribution < -0.4 is 11.4 Å². The van der Waals surface area contributed by atoms with Crippen LogP contribution in [0.25, 0.3) is 0 Å². The van der Waals surface area contributed by atoms with Crippen molar-refractivity contribution < 1.29 is 86.3 Å². The van der Waals surface area contributed by atoms with Gasteiger partial charge in [-0.2, -0.15) is 9.29 Å². The van der Waals surface area contributed by atoms with Crippen molar-refractivity contribution in [3.63, 3.8) is 0 Å². The summed E-state index contributed by atoms with van der Waals surface area (Å²) in [4.78, 5) is 64.2. The van der Waals surface area contributed by atoms with Crippen LogP contribution in [0, 0.1) is 5.92 Å². The van der Waals surface area contributed by atoms with Gasteiger partial charge in [-0.1, -0.05) is 147 Å². The third-order valence-electron chi connectivity index (χ3n) is 12.8. The van der Waals surface area contributed by atoms with Crippen molar-refractivity contribution in [2.45, 2.75) is 230 Å². The number of nitrogens with two attached hydrogens (primary N) is 1. The molecule has 9 N–H and O–H groups in total. The highest BCUT2D eigenvalue weighted by Crippen LogP contribution is 2.60. The molecule has 12 atom stereocenters. The molecule has 74 heavy (non-hydrogen) atoms. The van der Waals surface area contributed by atoms with Crippen LogP contribution in [0.1, 0.15) is 181 Å². The minimum Gasteiger partial charge on any atom is -0.462 e. The van der Waals surface area contributed by atoms with Gasteiger partial charge in [-0.25, -0.2) is 13.9 Å². The van der Waals surface area contributed by atoms with E-state index in [-0.39, 0.29) is 37.9 Å². The highest BCUT2D eigenvalue weighted by molar-refractivity contribution is 7.61. The Labute approximate surface area is 436 Å². The van der Waals surface area contributed by atoms with Crippen LogP contribution in [0.4, 0.5) is 5.82 Å². The summed E-state index contributed by atoms with van der Waals surface area (Å²) in [5.74, 6) is -2.83. The van der Waals surface area contributed by atoms with Crippen molar-refractivity contribution in [2.24, 2.45) is 5.92 Å². The summed E-state index contributed by atoms with van der Waals surface area (Å²) in [5.41, 5.74) is 4.75. The molecular formula is C50H87N3O19P2. The number of phosphoric ester groups is 2. The molecule has 0 amide bonds. The van der Waals surface area contributed by atoms with Gasteiger partial charge in [-0.05, 0) is 38.2 Å². The molecule has 3 rings (SSSR count). The van der Waals surface area contributed by atoms with E-state index < -0.39 is 121 Å². The predicted octanol–water partition coefficient (Wildman–Crippen LogP) is 7.11. The summed E-state index contributed by atoms with van der Waals surface area (Å²) in [7, 11) is -11.3. The Balaban J connectivity index is 1.78. The average Bonchev–Trinajstić information content (AvgIpc) is 3.35. The number of rotatable bonds is 25. The molecule has 0 radical (unpaired) electrons. The van der Waals surface area contributed by atoms with Crippen LogP contribution in [0.5, 0.6) is 0 Å². The molecule has 2 bridgehead atoms. The summed E-state index contributed by atoms with van der Waals surface area (Å²) in [6, 6.07) is 1.23. The maximum Gasteiger partial charge on any atom is 0.481 e. The number of allylic oxidation sites excluding steroid dienone is 2. The molecule has 3 unspecified atom stereocenters. The van der Waals surface area contributed by atoms with E-state index in [4.69, 9.17) is 33.7 Å². The van der Waals surface area contributed by atoms with E-state index in [9.17, 15) is 58.8 Å². The van der Waals surface area contributed by atoms with Crippen LogP contribution >= 0.6 is 15.6 Å². The number of aliphatic hydroxyl groups is 5. The fourth-order valence-electron chi connectivity index (χ4n) is 8.58. The monoisotopic (exact) mass is 1100 g/mol. The van der Waals surface area contributed by atoms with Gasteiger partial charge in [0.05, 0.1) is 25.4 Å². The number of cyclic esters (lactones) is 1. The third kappa shape index (κ3) is 26.9. The Kier molecular flexibility index (Phi) is 32.0. The summed E-state index contributed by atoms with van der Waals surface area (Å²) < 4.78 is 64.7. The van der Waals surface area contributed by atoms with E-state index in [2.05, 4.69) is 16.2 Å². The molecule has 0 aromatic carbocycles. The molecule has 1 fully saturated rings. The zero-order valence-corrected chi connectivity index (χ0v) is 45.2. The molecule has 0 saturated carbocycles. The maximum absolute atomic E-state index is 13.4. The number of anilines is 1. The second-order valence-electron chi connectivity index (χ2n) is 19.3. The Bertz CT molecular complexity index is 1960. The summed E-state index contributed by atoms with van der Waals surface area (Å²) >= 11 is 0. The Morgan fingerprint density at radius 2 is 1.43 bits per heavy atom. The zero-order chi connectivity index (χ0) is 54.4. The number of carbonyl (C=O) groups is 2. The van der Waals surface area contributed by atoms with Gasteiger partial charge in [0.1, 0.15) is 43.1 Å². The van der Waals surface area contributed by atoms with E-state index in [1.165, 1.54) is 82.4 Å². The fraction of sp³-hybridized carbons (Fsp3) is 0.800. The normalized spacial score (nSPS) is 29.9. The topological polar surface area (TPSA) is 335 Å². The Hall–Kier alpha value is -2.92. The molecule has 22 nitrogen and oxygen atoms in total.